The first-order valence-corrected chi connectivity index (χ1v) is 8.25. The summed E-state index contributed by atoms with van der Waals surface area (Å²) in [5.41, 5.74) is 0.996. The van der Waals surface area contributed by atoms with E-state index in [1.165, 1.54) is 0 Å². The molecule has 1 saturated heterocycles. The molecule has 7 heteroatoms. The summed E-state index contributed by atoms with van der Waals surface area (Å²) >= 11 is 0. The molecule has 0 saturated carbocycles. The van der Waals surface area contributed by atoms with Crippen LogP contribution >= 0.6 is 0 Å². The van der Waals surface area contributed by atoms with Crippen LogP contribution in [-0.4, -0.2) is 68.0 Å². The Morgan fingerprint density at radius 3 is 2.50 bits per heavy atom. The highest BCUT2D eigenvalue weighted by Gasteiger charge is 2.27. The second kappa shape index (κ2) is 7.99. The Kier molecular flexibility index (Phi) is 6.00. The van der Waals surface area contributed by atoms with E-state index in [-0.39, 0.29) is 17.9 Å². The first-order valence-electron chi connectivity index (χ1n) is 8.25. The number of nitrogens with one attached hydrogen (secondary N) is 1. The van der Waals surface area contributed by atoms with Gasteiger partial charge >= 0.3 is 6.03 Å². The zero-order chi connectivity index (χ0) is 17.7. The molecule has 7 nitrogen and oxygen atoms in total. The smallest absolute Gasteiger partial charge is 0.319 e. The monoisotopic (exact) mass is 333 g/mol. The molecule has 1 N–H and O–H groups in total. The summed E-state index contributed by atoms with van der Waals surface area (Å²) in [6, 6.07) is 3.86. The van der Waals surface area contributed by atoms with Crippen LogP contribution in [0.3, 0.4) is 0 Å². The van der Waals surface area contributed by atoms with E-state index < -0.39 is 0 Å². The predicted molar refractivity (Wildman–Crippen MR) is 93.8 cm³/mol. The molecule has 1 aliphatic heterocycles. The maximum atomic E-state index is 12.4. The number of anilines is 1. The van der Waals surface area contributed by atoms with Crippen LogP contribution < -0.4 is 10.2 Å². The lowest BCUT2D eigenvalue weighted by Gasteiger charge is -2.33. The molecule has 1 aromatic rings. The standard InChI is InChI=1S/C17H27N5O2/c1-20(2)15-14(6-5-9-18-15)12-19-16(23)13-7-10-22(11-8-13)17(24)21(3)4/h5-6,9,13H,7-8,10-12H2,1-4H3,(H,19,23). The van der Waals surface area contributed by atoms with Crippen molar-refractivity contribution in [3.8, 4) is 0 Å². The lowest BCUT2D eigenvalue weighted by molar-refractivity contribution is -0.126. The zero-order valence-electron chi connectivity index (χ0n) is 15.0. The van der Waals surface area contributed by atoms with Gasteiger partial charge in [-0.25, -0.2) is 9.78 Å². The molecule has 2 heterocycles. The number of aromatic nitrogens is 1. The van der Waals surface area contributed by atoms with Gasteiger partial charge < -0.3 is 20.0 Å². The highest BCUT2D eigenvalue weighted by molar-refractivity contribution is 5.79. The van der Waals surface area contributed by atoms with Gasteiger partial charge in [0.15, 0.2) is 0 Å². The number of piperidine rings is 1. The second-order valence-electron chi connectivity index (χ2n) is 6.54. The summed E-state index contributed by atoms with van der Waals surface area (Å²) in [4.78, 5) is 34.0. The molecule has 0 radical (unpaired) electrons. The molecule has 1 aromatic heterocycles. The third kappa shape index (κ3) is 4.37. The van der Waals surface area contributed by atoms with Crippen molar-refractivity contribution in [2.75, 3.05) is 46.2 Å². The Labute approximate surface area is 143 Å². The van der Waals surface area contributed by atoms with Gasteiger partial charge in [-0.1, -0.05) is 6.07 Å². The molecule has 0 bridgehead atoms. The van der Waals surface area contributed by atoms with Gasteiger partial charge in [-0.15, -0.1) is 0 Å². The summed E-state index contributed by atoms with van der Waals surface area (Å²) in [5.74, 6) is 0.889. The van der Waals surface area contributed by atoms with Crippen molar-refractivity contribution in [3.63, 3.8) is 0 Å². The van der Waals surface area contributed by atoms with Crippen LogP contribution in [0.15, 0.2) is 18.3 Å². The van der Waals surface area contributed by atoms with E-state index in [9.17, 15) is 9.59 Å². The first-order chi connectivity index (χ1) is 11.4. The van der Waals surface area contributed by atoms with Crippen LogP contribution in [0.1, 0.15) is 18.4 Å². The fourth-order valence-electron chi connectivity index (χ4n) is 2.91. The molecule has 0 atom stereocenters. The van der Waals surface area contributed by atoms with Crippen LogP contribution in [0.2, 0.25) is 0 Å². The van der Waals surface area contributed by atoms with Gasteiger partial charge in [-0.2, -0.15) is 0 Å². The fraction of sp³-hybridized carbons (Fsp3) is 0.588. The predicted octanol–water partition coefficient (Wildman–Crippen LogP) is 1.16. The Bertz CT molecular complexity index is 580. The van der Waals surface area contributed by atoms with Gasteiger partial charge in [0.2, 0.25) is 5.91 Å². The van der Waals surface area contributed by atoms with Gasteiger partial charge in [0.1, 0.15) is 5.82 Å². The third-order valence-corrected chi connectivity index (χ3v) is 4.26. The van der Waals surface area contributed by atoms with Crippen molar-refractivity contribution in [1.82, 2.24) is 20.1 Å². The van der Waals surface area contributed by atoms with Crippen molar-refractivity contribution in [2.45, 2.75) is 19.4 Å². The van der Waals surface area contributed by atoms with Crippen molar-refractivity contribution < 1.29 is 9.59 Å². The normalized spacial score (nSPS) is 15.1. The fourth-order valence-corrected chi connectivity index (χ4v) is 2.91. The number of amides is 3. The number of hydrogen-bond acceptors (Lipinski definition) is 4. The topological polar surface area (TPSA) is 68.8 Å². The Balaban J connectivity index is 1.86. The molecule has 0 aromatic carbocycles. The Morgan fingerprint density at radius 2 is 1.92 bits per heavy atom. The van der Waals surface area contributed by atoms with Crippen LogP contribution in [0.5, 0.6) is 0 Å². The Morgan fingerprint density at radius 1 is 1.25 bits per heavy atom. The van der Waals surface area contributed by atoms with E-state index in [0.29, 0.717) is 32.5 Å². The summed E-state index contributed by atoms with van der Waals surface area (Å²) in [5, 5.41) is 3.01. The molecule has 1 fully saturated rings. The molecular formula is C17H27N5O2. The largest absolute Gasteiger partial charge is 0.362 e. The molecule has 3 amide bonds. The van der Waals surface area contributed by atoms with Gasteiger partial charge in [-0.3, -0.25) is 4.79 Å². The maximum absolute atomic E-state index is 12.4. The average Bonchev–Trinajstić information content (AvgIpc) is 2.59. The number of pyridine rings is 1. The number of carbonyl (C=O) groups is 2. The van der Waals surface area contributed by atoms with Crippen LogP contribution in [0, 0.1) is 5.92 Å². The lowest BCUT2D eigenvalue weighted by atomic mass is 9.96. The first kappa shape index (κ1) is 18.0. The van der Waals surface area contributed by atoms with E-state index in [1.54, 1.807) is 30.1 Å². The SMILES string of the molecule is CN(C)C(=O)N1CCC(C(=O)NCc2cccnc2N(C)C)CC1. The maximum Gasteiger partial charge on any atom is 0.319 e. The number of rotatable bonds is 4. The number of carbonyl (C=O) groups excluding carboxylic acids is 2. The van der Waals surface area contributed by atoms with Gasteiger partial charge in [0.05, 0.1) is 0 Å². The minimum atomic E-state index is -0.0318. The van der Waals surface area contributed by atoms with Crippen molar-refractivity contribution in [3.05, 3.63) is 23.9 Å². The number of likely N-dealkylation sites (tertiary alicyclic amines) is 1. The van der Waals surface area contributed by atoms with Gasteiger partial charge in [-0.05, 0) is 18.9 Å². The van der Waals surface area contributed by atoms with E-state index in [1.807, 2.05) is 31.1 Å². The molecule has 1 aliphatic rings. The van der Waals surface area contributed by atoms with Crippen molar-refractivity contribution in [2.24, 2.45) is 5.92 Å². The molecular weight excluding hydrogens is 306 g/mol. The Hall–Kier alpha value is -2.31. The molecule has 0 spiro atoms. The number of hydrogen-bond donors (Lipinski definition) is 1. The van der Waals surface area contributed by atoms with Crippen molar-refractivity contribution >= 4 is 17.8 Å². The van der Waals surface area contributed by atoms with E-state index in [0.717, 1.165) is 11.4 Å². The summed E-state index contributed by atoms with van der Waals surface area (Å²) < 4.78 is 0. The molecule has 0 unspecified atom stereocenters. The van der Waals surface area contributed by atoms with Gasteiger partial charge in [0, 0.05) is 65.5 Å². The molecule has 24 heavy (non-hydrogen) atoms. The van der Waals surface area contributed by atoms with Gasteiger partial charge in [0.25, 0.3) is 0 Å². The van der Waals surface area contributed by atoms with E-state index in [2.05, 4.69) is 10.3 Å². The highest BCUT2D eigenvalue weighted by atomic mass is 16.2. The van der Waals surface area contributed by atoms with Crippen molar-refractivity contribution in [1.29, 1.82) is 0 Å². The number of nitrogens with zero attached hydrogens (tertiary/aromatic N) is 4. The minimum absolute atomic E-state index is 0.0137. The summed E-state index contributed by atoms with van der Waals surface area (Å²) in [6.07, 6.45) is 3.16. The molecule has 132 valence electrons. The zero-order valence-corrected chi connectivity index (χ0v) is 15.0. The third-order valence-electron chi connectivity index (χ3n) is 4.26. The summed E-state index contributed by atoms with van der Waals surface area (Å²) in [6.45, 7) is 1.73. The van der Waals surface area contributed by atoms with E-state index in [4.69, 9.17) is 0 Å². The number of urea groups is 1. The van der Waals surface area contributed by atoms with Crippen LogP contribution in [0.4, 0.5) is 10.6 Å². The lowest BCUT2D eigenvalue weighted by Crippen LogP contribution is -2.46. The van der Waals surface area contributed by atoms with E-state index >= 15 is 0 Å². The second-order valence-corrected chi connectivity index (χ2v) is 6.54. The minimum Gasteiger partial charge on any atom is -0.362 e. The van der Waals surface area contributed by atoms with Crippen LogP contribution in [0.25, 0.3) is 0 Å². The average molecular weight is 333 g/mol. The molecule has 0 aliphatic carbocycles. The van der Waals surface area contributed by atoms with Crippen LogP contribution in [-0.2, 0) is 11.3 Å². The molecule has 2 rings (SSSR count). The highest BCUT2D eigenvalue weighted by Crippen LogP contribution is 2.19. The summed E-state index contributed by atoms with van der Waals surface area (Å²) in [7, 11) is 7.37. The quantitative estimate of drug-likeness (QED) is 0.898.